The highest BCUT2D eigenvalue weighted by atomic mass is 79.9. The predicted molar refractivity (Wildman–Crippen MR) is 87.1 cm³/mol. The molecule has 0 fully saturated rings. The molecule has 1 unspecified atom stereocenters. The Balaban J connectivity index is 2.51. The van der Waals surface area contributed by atoms with Gasteiger partial charge in [0.1, 0.15) is 5.82 Å². The minimum Gasteiger partial charge on any atom is -0.206 e. The van der Waals surface area contributed by atoms with Crippen LogP contribution in [0.25, 0.3) is 0 Å². The average molecular weight is 335 g/mol. The van der Waals surface area contributed by atoms with Gasteiger partial charge in [0.25, 0.3) is 0 Å². The van der Waals surface area contributed by atoms with Gasteiger partial charge in [-0.05, 0) is 42.0 Å². The van der Waals surface area contributed by atoms with E-state index in [1.165, 1.54) is 16.7 Å². The molecule has 1 atom stereocenters. The lowest BCUT2D eigenvalue weighted by atomic mass is 9.94. The van der Waals surface area contributed by atoms with Gasteiger partial charge < -0.3 is 0 Å². The number of aryl methyl sites for hydroxylation is 3. The van der Waals surface area contributed by atoms with Crippen LogP contribution in [-0.2, 0) is 12.8 Å². The lowest BCUT2D eigenvalue weighted by Crippen LogP contribution is -2.03. The summed E-state index contributed by atoms with van der Waals surface area (Å²) in [5, 5.41) is 0. The van der Waals surface area contributed by atoms with Gasteiger partial charge in [0.15, 0.2) is 0 Å². The molecule has 2 rings (SSSR count). The molecule has 0 aromatic heterocycles. The molecule has 0 heterocycles. The molecule has 0 amide bonds. The highest BCUT2D eigenvalue weighted by molar-refractivity contribution is 9.09. The second kappa shape index (κ2) is 6.53. The van der Waals surface area contributed by atoms with Gasteiger partial charge in [-0.1, -0.05) is 66.2 Å². The predicted octanol–water partition coefficient (Wildman–Crippen LogP) is 5.74. The molecule has 0 aliphatic heterocycles. The molecule has 0 bridgehead atoms. The van der Waals surface area contributed by atoms with E-state index < -0.39 is 0 Å². The molecule has 0 saturated carbocycles. The van der Waals surface area contributed by atoms with Gasteiger partial charge in [0, 0.05) is 5.56 Å². The number of hydrogen-bond donors (Lipinski definition) is 0. The van der Waals surface area contributed by atoms with E-state index in [1.807, 2.05) is 25.1 Å². The number of benzene rings is 2. The van der Waals surface area contributed by atoms with Gasteiger partial charge in [0.2, 0.25) is 0 Å². The molecule has 20 heavy (non-hydrogen) atoms. The summed E-state index contributed by atoms with van der Waals surface area (Å²) in [7, 11) is 0. The topological polar surface area (TPSA) is 0 Å². The second-order valence-electron chi connectivity index (χ2n) is 5.08. The van der Waals surface area contributed by atoms with Gasteiger partial charge in [-0.25, -0.2) is 4.39 Å². The van der Waals surface area contributed by atoms with Crippen LogP contribution in [0.5, 0.6) is 0 Å². The van der Waals surface area contributed by atoms with E-state index in [2.05, 4.69) is 48.0 Å². The lowest BCUT2D eigenvalue weighted by Gasteiger charge is -2.17. The third kappa shape index (κ3) is 2.95. The molecule has 0 spiro atoms. The number of halogens is 2. The zero-order valence-corrected chi connectivity index (χ0v) is 13.8. The van der Waals surface area contributed by atoms with Crippen molar-refractivity contribution in [1.82, 2.24) is 0 Å². The quantitative estimate of drug-likeness (QED) is 0.625. The maximum atomic E-state index is 14.3. The Morgan fingerprint density at radius 1 is 1.05 bits per heavy atom. The summed E-state index contributed by atoms with van der Waals surface area (Å²) in [6.07, 6.45) is 1.95. The zero-order valence-electron chi connectivity index (χ0n) is 12.2. The fourth-order valence-electron chi connectivity index (χ4n) is 2.46. The van der Waals surface area contributed by atoms with E-state index in [1.54, 1.807) is 0 Å². The molecular weight excluding hydrogens is 315 g/mol. The Hall–Kier alpha value is -1.15. The van der Waals surface area contributed by atoms with Crippen LogP contribution >= 0.6 is 15.9 Å². The van der Waals surface area contributed by atoms with Crippen LogP contribution in [0.4, 0.5) is 4.39 Å². The van der Waals surface area contributed by atoms with E-state index in [9.17, 15) is 4.39 Å². The van der Waals surface area contributed by atoms with Gasteiger partial charge in [0.05, 0.1) is 4.83 Å². The first-order chi connectivity index (χ1) is 9.58. The Morgan fingerprint density at radius 3 is 2.45 bits per heavy atom. The Labute approximate surface area is 129 Å². The number of hydrogen-bond acceptors (Lipinski definition) is 0. The van der Waals surface area contributed by atoms with Crippen molar-refractivity contribution in [2.75, 3.05) is 0 Å². The normalized spacial score (nSPS) is 12.4. The van der Waals surface area contributed by atoms with Gasteiger partial charge >= 0.3 is 0 Å². The van der Waals surface area contributed by atoms with Crippen LogP contribution in [0.3, 0.4) is 0 Å². The maximum Gasteiger partial charge on any atom is 0.130 e. The Morgan fingerprint density at radius 2 is 1.80 bits per heavy atom. The van der Waals surface area contributed by atoms with Crippen LogP contribution in [0.1, 0.15) is 46.5 Å². The molecular formula is C18H20BrF. The van der Waals surface area contributed by atoms with Crippen LogP contribution < -0.4 is 0 Å². The first-order valence-electron chi connectivity index (χ1n) is 7.09. The van der Waals surface area contributed by atoms with Crippen molar-refractivity contribution in [1.29, 1.82) is 0 Å². The SMILES string of the molecule is CCc1ccc(CC)c(C(Br)c2cccc(C)c2F)c1. The first kappa shape index (κ1) is 15.2. The largest absolute Gasteiger partial charge is 0.206 e. The van der Waals surface area contributed by atoms with E-state index in [0.29, 0.717) is 11.1 Å². The van der Waals surface area contributed by atoms with E-state index >= 15 is 0 Å². The van der Waals surface area contributed by atoms with Crippen molar-refractivity contribution in [3.05, 3.63) is 70.0 Å². The van der Waals surface area contributed by atoms with Crippen LogP contribution in [-0.4, -0.2) is 0 Å². The third-order valence-corrected chi connectivity index (χ3v) is 4.75. The molecule has 2 aromatic carbocycles. The van der Waals surface area contributed by atoms with Crippen molar-refractivity contribution in [3.63, 3.8) is 0 Å². The molecule has 0 nitrogen and oxygen atoms in total. The van der Waals surface area contributed by atoms with Gasteiger partial charge in [-0.15, -0.1) is 0 Å². The smallest absolute Gasteiger partial charge is 0.130 e. The minimum absolute atomic E-state index is 0.0937. The van der Waals surface area contributed by atoms with E-state index in [4.69, 9.17) is 0 Å². The summed E-state index contributed by atoms with van der Waals surface area (Å²) in [5.41, 5.74) is 5.14. The number of alkyl halides is 1. The summed E-state index contributed by atoms with van der Waals surface area (Å²) in [6, 6.07) is 12.1. The summed E-state index contributed by atoms with van der Waals surface area (Å²) < 4.78 is 14.3. The van der Waals surface area contributed by atoms with Crippen molar-refractivity contribution < 1.29 is 4.39 Å². The van der Waals surface area contributed by atoms with Crippen molar-refractivity contribution in [3.8, 4) is 0 Å². The molecule has 0 saturated heterocycles. The number of rotatable bonds is 4. The van der Waals surface area contributed by atoms with Crippen molar-refractivity contribution in [2.24, 2.45) is 0 Å². The fourth-order valence-corrected chi connectivity index (χ4v) is 3.24. The zero-order chi connectivity index (χ0) is 14.7. The molecule has 0 aliphatic carbocycles. The highest BCUT2D eigenvalue weighted by Crippen LogP contribution is 2.36. The van der Waals surface area contributed by atoms with Crippen molar-refractivity contribution >= 4 is 15.9 Å². The fraction of sp³-hybridized carbons (Fsp3) is 0.333. The molecule has 2 heteroatoms. The third-order valence-electron chi connectivity index (χ3n) is 3.77. The second-order valence-corrected chi connectivity index (χ2v) is 6.00. The molecule has 2 aromatic rings. The maximum absolute atomic E-state index is 14.3. The molecule has 0 N–H and O–H groups in total. The lowest BCUT2D eigenvalue weighted by molar-refractivity contribution is 0.604. The summed E-state index contributed by atoms with van der Waals surface area (Å²) >= 11 is 3.69. The summed E-state index contributed by atoms with van der Waals surface area (Å²) in [6.45, 7) is 6.08. The monoisotopic (exact) mass is 334 g/mol. The summed E-state index contributed by atoms with van der Waals surface area (Å²) in [4.78, 5) is -0.0937. The average Bonchev–Trinajstić information content (AvgIpc) is 2.48. The van der Waals surface area contributed by atoms with Crippen LogP contribution in [0.15, 0.2) is 36.4 Å². The standard InChI is InChI=1S/C18H20BrF/c1-4-13-9-10-14(5-2)16(11-13)17(19)15-8-6-7-12(3)18(15)20/h6-11,17H,4-5H2,1-3H3. The van der Waals surface area contributed by atoms with E-state index in [0.717, 1.165) is 12.8 Å². The summed E-state index contributed by atoms with van der Waals surface area (Å²) in [5.74, 6) is -0.113. The van der Waals surface area contributed by atoms with Gasteiger partial charge in [-0.3, -0.25) is 0 Å². The first-order valence-corrected chi connectivity index (χ1v) is 8.00. The Bertz CT molecular complexity index is 604. The van der Waals surface area contributed by atoms with Crippen LogP contribution in [0, 0.1) is 12.7 Å². The van der Waals surface area contributed by atoms with Crippen LogP contribution in [0.2, 0.25) is 0 Å². The highest BCUT2D eigenvalue weighted by Gasteiger charge is 2.18. The Kier molecular flexibility index (Phi) is 4.98. The molecule has 0 radical (unpaired) electrons. The van der Waals surface area contributed by atoms with Crippen molar-refractivity contribution in [2.45, 2.75) is 38.4 Å². The molecule has 0 aliphatic rings. The van der Waals surface area contributed by atoms with Gasteiger partial charge in [-0.2, -0.15) is 0 Å². The molecule has 106 valence electrons. The minimum atomic E-state index is -0.113. The van der Waals surface area contributed by atoms with E-state index in [-0.39, 0.29) is 10.6 Å².